The summed E-state index contributed by atoms with van der Waals surface area (Å²) in [6.07, 6.45) is 4.96. The molecule has 1 aromatic rings. The number of aliphatic hydroxyl groups is 1. The predicted molar refractivity (Wildman–Crippen MR) is 74.4 cm³/mol. The molecule has 0 amide bonds. The van der Waals surface area contributed by atoms with Crippen molar-refractivity contribution in [2.24, 2.45) is 5.73 Å². The number of benzene rings is 1. The lowest BCUT2D eigenvalue weighted by Gasteiger charge is -2.27. The molecule has 1 heterocycles. The van der Waals surface area contributed by atoms with E-state index < -0.39 is 6.10 Å². The van der Waals surface area contributed by atoms with E-state index in [1.807, 2.05) is 18.2 Å². The lowest BCUT2D eigenvalue weighted by Crippen LogP contribution is -2.50. The minimum Gasteiger partial charge on any atom is -0.390 e. The molecule has 3 heteroatoms. The number of hydrogen-bond donors (Lipinski definition) is 3. The Morgan fingerprint density at radius 3 is 2.78 bits per heavy atom. The van der Waals surface area contributed by atoms with Gasteiger partial charge in [0, 0.05) is 12.1 Å². The molecule has 0 spiro atoms. The fraction of sp³-hybridized carbons (Fsp3) is 0.600. The molecule has 1 aliphatic heterocycles. The molecule has 2 rings (SSSR count). The zero-order chi connectivity index (χ0) is 12.8. The molecule has 1 fully saturated rings. The summed E-state index contributed by atoms with van der Waals surface area (Å²) in [6, 6.07) is 10.1. The molecule has 4 N–H and O–H groups in total. The average molecular weight is 248 g/mol. The Morgan fingerprint density at radius 1 is 1.22 bits per heavy atom. The first kappa shape index (κ1) is 13.5. The van der Waals surface area contributed by atoms with Gasteiger partial charge in [-0.3, -0.25) is 0 Å². The van der Waals surface area contributed by atoms with E-state index in [1.165, 1.54) is 24.8 Å². The zero-order valence-corrected chi connectivity index (χ0v) is 10.9. The molecule has 3 atom stereocenters. The molecule has 0 saturated carbocycles. The van der Waals surface area contributed by atoms with Crippen LogP contribution in [0.2, 0.25) is 0 Å². The summed E-state index contributed by atoms with van der Waals surface area (Å²) < 4.78 is 0. The smallest absolute Gasteiger partial charge is 0.0846 e. The Bertz CT molecular complexity index is 334. The van der Waals surface area contributed by atoms with E-state index in [0.29, 0.717) is 0 Å². The van der Waals surface area contributed by atoms with Crippen LogP contribution in [-0.2, 0) is 6.42 Å². The predicted octanol–water partition coefficient (Wildman–Crippen LogP) is 1.45. The lowest BCUT2D eigenvalue weighted by molar-refractivity contribution is 0.0986. The van der Waals surface area contributed by atoms with Crippen molar-refractivity contribution in [3.8, 4) is 0 Å². The van der Waals surface area contributed by atoms with E-state index in [2.05, 4.69) is 17.4 Å². The van der Waals surface area contributed by atoms with E-state index in [1.54, 1.807) is 0 Å². The standard InChI is InChI=1S/C15H24N2O/c16-13(11-12-7-3-1-4-8-12)15(18)14-9-5-2-6-10-17-14/h1,3-4,7-8,13-15,17-18H,2,5-6,9-11,16H2/t13-,14?,15-/m0/s1. The van der Waals surface area contributed by atoms with Crippen LogP contribution < -0.4 is 11.1 Å². The molecular formula is C15H24N2O. The molecule has 1 saturated heterocycles. The molecule has 3 nitrogen and oxygen atoms in total. The first-order valence-corrected chi connectivity index (χ1v) is 6.98. The van der Waals surface area contributed by atoms with Gasteiger partial charge in [0.25, 0.3) is 0 Å². The van der Waals surface area contributed by atoms with Crippen LogP contribution in [0.1, 0.15) is 31.2 Å². The van der Waals surface area contributed by atoms with Gasteiger partial charge in [0.1, 0.15) is 0 Å². The van der Waals surface area contributed by atoms with Crippen molar-refractivity contribution in [2.45, 2.75) is 50.3 Å². The summed E-state index contributed by atoms with van der Waals surface area (Å²) in [4.78, 5) is 0. The van der Waals surface area contributed by atoms with Crippen LogP contribution in [0, 0.1) is 0 Å². The highest BCUT2D eigenvalue weighted by atomic mass is 16.3. The first-order valence-electron chi connectivity index (χ1n) is 6.98. The molecule has 18 heavy (non-hydrogen) atoms. The summed E-state index contributed by atoms with van der Waals surface area (Å²) >= 11 is 0. The molecule has 0 radical (unpaired) electrons. The fourth-order valence-corrected chi connectivity index (χ4v) is 2.65. The van der Waals surface area contributed by atoms with Gasteiger partial charge in [0.2, 0.25) is 0 Å². The number of nitrogens with one attached hydrogen (secondary N) is 1. The van der Waals surface area contributed by atoms with Crippen molar-refractivity contribution >= 4 is 0 Å². The molecule has 1 unspecified atom stereocenters. The van der Waals surface area contributed by atoms with Gasteiger partial charge in [-0.15, -0.1) is 0 Å². The average Bonchev–Trinajstić information content (AvgIpc) is 2.68. The maximum absolute atomic E-state index is 10.3. The largest absolute Gasteiger partial charge is 0.390 e. The summed E-state index contributed by atoms with van der Waals surface area (Å²) in [5, 5.41) is 13.8. The lowest BCUT2D eigenvalue weighted by atomic mass is 9.95. The van der Waals surface area contributed by atoms with Crippen LogP contribution in [-0.4, -0.2) is 29.8 Å². The SMILES string of the molecule is N[C@@H](Cc1ccccc1)[C@H](O)C1CCCCCN1. The Kier molecular flexibility index (Phi) is 5.17. The van der Waals surface area contributed by atoms with E-state index in [-0.39, 0.29) is 12.1 Å². The maximum atomic E-state index is 10.3. The van der Waals surface area contributed by atoms with Gasteiger partial charge in [-0.05, 0) is 31.4 Å². The normalized spacial score (nSPS) is 24.2. The van der Waals surface area contributed by atoms with E-state index in [4.69, 9.17) is 5.73 Å². The summed E-state index contributed by atoms with van der Waals surface area (Å²) in [7, 11) is 0. The maximum Gasteiger partial charge on any atom is 0.0846 e. The third-order valence-electron chi connectivity index (χ3n) is 3.76. The van der Waals surface area contributed by atoms with Crippen molar-refractivity contribution in [1.82, 2.24) is 5.32 Å². The highest BCUT2D eigenvalue weighted by molar-refractivity contribution is 5.16. The monoisotopic (exact) mass is 248 g/mol. The highest BCUT2D eigenvalue weighted by Gasteiger charge is 2.25. The molecule has 1 aliphatic rings. The van der Waals surface area contributed by atoms with E-state index in [0.717, 1.165) is 19.4 Å². The second-order valence-corrected chi connectivity index (χ2v) is 5.25. The van der Waals surface area contributed by atoms with Crippen LogP contribution in [0.15, 0.2) is 30.3 Å². The van der Waals surface area contributed by atoms with Crippen molar-refractivity contribution in [1.29, 1.82) is 0 Å². The Balaban J connectivity index is 1.89. The zero-order valence-electron chi connectivity index (χ0n) is 10.9. The Hall–Kier alpha value is -0.900. The van der Waals surface area contributed by atoms with Crippen LogP contribution in [0.25, 0.3) is 0 Å². The third-order valence-corrected chi connectivity index (χ3v) is 3.76. The Labute approximate surface area is 109 Å². The summed E-state index contributed by atoms with van der Waals surface area (Å²) in [5.74, 6) is 0. The van der Waals surface area contributed by atoms with Gasteiger partial charge in [0.05, 0.1) is 6.10 Å². The van der Waals surface area contributed by atoms with Gasteiger partial charge in [0.15, 0.2) is 0 Å². The van der Waals surface area contributed by atoms with Crippen molar-refractivity contribution < 1.29 is 5.11 Å². The number of aliphatic hydroxyl groups excluding tert-OH is 1. The van der Waals surface area contributed by atoms with Gasteiger partial charge < -0.3 is 16.2 Å². The second kappa shape index (κ2) is 6.88. The molecule has 0 aliphatic carbocycles. The number of nitrogens with two attached hydrogens (primary N) is 1. The number of rotatable bonds is 4. The molecule has 100 valence electrons. The summed E-state index contributed by atoms with van der Waals surface area (Å²) in [6.45, 7) is 1.000. The van der Waals surface area contributed by atoms with Crippen LogP contribution >= 0.6 is 0 Å². The van der Waals surface area contributed by atoms with Crippen LogP contribution in [0.5, 0.6) is 0 Å². The minimum absolute atomic E-state index is 0.159. The Morgan fingerprint density at radius 2 is 2.00 bits per heavy atom. The topological polar surface area (TPSA) is 58.3 Å². The number of hydrogen-bond acceptors (Lipinski definition) is 3. The van der Waals surface area contributed by atoms with Gasteiger partial charge >= 0.3 is 0 Å². The molecule has 0 aromatic heterocycles. The van der Waals surface area contributed by atoms with Gasteiger partial charge in [-0.25, -0.2) is 0 Å². The van der Waals surface area contributed by atoms with Crippen LogP contribution in [0.3, 0.4) is 0 Å². The minimum atomic E-state index is -0.455. The summed E-state index contributed by atoms with van der Waals surface area (Å²) in [5.41, 5.74) is 7.33. The van der Waals surface area contributed by atoms with Crippen molar-refractivity contribution in [3.05, 3.63) is 35.9 Å². The van der Waals surface area contributed by atoms with Gasteiger partial charge in [-0.1, -0.05) is 43.2 Å². The van der Waals surface area contributed by atoms with E-state index >= 15 is 0 Å². The third kappa shape index (κ3) is 3.80. The quantitative estimate of drug-likeness (QED) is 0.756. The van der Waals surface area contributed by atoms with Crippen molar-refractivity contribution in [3.63, 3.8) is 0 Å². The molecule has 0 bridgehead atoms. The molecule has 1 aromatic carbocycles. The second-order valence-electron chi connectivity index (χ2n) is 5.25. The molecular weight excluding hydrogens is 224 g/mol. The fourth-order valence-electron chi connectivity index (χ4n) is 2.65. The van der Waals surface area contributed by atoms with E-state index in [9.17, 15) is 5.11 Å². The first-order chi connectivity index (χ1) is 8.77. The highest BCUT2D eigenvalue weighted by Crippen LogP contribution is 2.14. The van der Waals surface area contributed by atoms with Crippen LogP contribution in [0.4, 0.5) is 0 Å². The van der Waals surface area contributed by atoms with Gasteiger partial charge in [-0.2, -0.15) is 0 Å². The van der Waals surface area contributed by atoms with Crippen molar-refractivity contribution in [2.75, 3.05) is 6.54 Å².